The summed E-state index contributed by atoms with van der Waals surface area (Å²) in [6.45, 7) is 1.27. The summed E-state index contributed by atoms with van der Waals surface area (Å²) in [6.07, 6.45) is 5.86. The molecule has 1 aromatic rings. The first kappa shape index (κ1) is 12.1. The molecule has 3 rings (SSSR count). The van der Waals surface area contributed by atoms with E-state index >= 15 is 0 Å². The summed E-state index contributed by atoms with van der Waals surface area (Å²) < 4.78 is 0. The number of hydrogen-bond donors (Lipinski definition) is 1. The first-order chi connectivity index (χ1) is 9.25. The number of carbonyl (C=O) groups excluding carboxylic acids is 2. The summed E-state index contributed by atoms with van der Waals surface area (Å²) in [5.74, 6) is -0.0920. The second-order valence-corrected chi connectivity index (χ2v) is 5.18. The maximum Gasteiger partial charge on any atom is 0.228 e. The molecule has 5 nitrogen and oxygen atoms in total. The predicted octanol–water partition coefficient (Wildman–Crippen LogP) is 0.881. The highest BCUT2D eigenvalue weighted by Crippen LogP contribution is 2.33. The molecule has 0 aromatic carbocycles. The minimum atomic E-state index is -0.185. The number of amides is 2. The van der Waals surface area contributed by atoms with Crippen molar-refractivity contribution in [2.75, 3.05) is 13.1 Å². The Bertz CT molecular complexity index is 489. The first-order valence-electron chi connectivity index (χ1n) is 6.73. The van der Waals surface area contributed by atoms with Crippen LogP contribution in [-0.2, 0) is 9.59 Å². The molecular weight excluding hydrogens is 242 g/mol. The van der Waals surface area contributed by atoms with Crippen molar-refractivity contribution in [3.8, 4) is 0 Å². The van der Waals surface area contributed by atoms with Crippen molar-refractivity contribution < 1.29 is 9.59 Å². The summed E-state index contributed by atoms with van der Waals surface area (Å²) in [4.78, 5) is 29.7. The van der Waals surface area contributed by atoms with Gasteiger partial charge in [-0.25, -0.2) is 0 Å². The largest absolute Gasteiger partial charge is 0.355 e. The summed E-state index contributed by atoms with van der Waals surface area (Å²) >= 11 is 0. The van der Waals surface area contributed by atoms with Gasteiger partial charge in [0, 0.05) is 31.9 Å². The van der Waals surface area contributed by atoms with Crippen molar-refractivity contribution in [2.24, 2.45) is 5.92 Å². The average Bonchev–Trinajstić information content (AvgIpc) is 3.07. The molecule has 100 valence electrons. The highest BCUT2D eigenvalue weighted by Gasteiger charge is 2.36. The fourth-order valence-corrected chi connectivity index (χ4v) is 2.98. The second-order valence-electron chi connectivity index (χ2n) is 5.18. The van der Waals surface area contributed by atoms with E-state index in [0.29, 0.717) is 13.0 Å². The normalized spacial score (nSPS) is 26.5. The van der Waals surface area contributed by atoms with Gasteiger partial charge in [-0.3, -0.25) is 14.6 Å². The van der Waals surface area contributed by atoms with Gasteiger partial charge in [-0.15, -0.1) is 0 Å². The maximum atomic E-state index is 12.5. The number of pyridine rings is 1. The topological polar surface area (TPSA) is 62.3 Å². The van der Waals surface area contributed by atoms with Crippen LogP contribution in [0, 0.1) is 5.92 Å². The third-order valence-electron chi connectivity index (χ3n) is 3.95. The molecule has 19 heavy (non-hydrogen) atoms. The molecule has 5 heteroatoms. The molecule has 2 fully saturated rings. The Balaban J connectivity index is 1.76. The van der Waals surface area contributed by atoms with E-state index < -0.39 is 0 Å². The van der Waals surface area contributed by atoms with Crippen molar-refractivity contribution in [1.29, 1.82) is 0 Å². The average molecular weight is 259 g/mol. The Kier molecular flexibility index (Phi) is 3.19. The molecular formula is C14H17N3O2. The van der Waals surface area contributed by atoms with Crippen LogP contribution in [0.4, 0.5) is 0 Å². The van der Waals surface area contributed by atoms with Crippen LogP contribution in [-0.4, -0.2) is 34.8 Å². The number of aromatic nitrogens is 1. The van der Waals surface area contributed by atoms with Crippen LogP contribution < -0.4 is 5.32 Å². The van der Waals surface area contributed by atoms with E-state index in [1.165, 1.54) is 0 Å². The van der Waals surface area contributed by atoms with E-state index in [0.717, 1.165) is 24.9 Å². The molecule has 1 aromatic heterocycles. The van der Waals surface area contributed by atoms with Crippen molar-refractivity contribution >= 4 is 11.8 Å². The van der Waals surface area contributed by atoms with Gasteiger partial charge in [0.2, 0.25) is 11.8 Å². The second kappa shape index (κ2) is 4.99. The predicted molar refractivity (Wildman–Crippen MR) is 69.0 cm³/mol. The number of carbonyl (C=O) groups is 2. The number of likely N-dealkylation sites (tertiary alicyclic amines) is 1. The zero-order chi connectivity index (χ0) is 13.2. The van der Waals surface area contributed by atoms with Crippen LogP contribution in [0.2, 0.25) is 0 Å². The molecule has 2 aliphatic heterocycles. The summed E-state index contributed by atoms with van der Waals surface area (Å²) in [5.41, 5.74) is 1.14. The first-order valence-corrected chi connectivity index (χ1v) is 6.73. The highest BCUT2D eigenvalue weighted by atomic mass is 16.2. The van der Waals surface area contributed by atoms with Gasteiger partial charge in [-0.05, 0) is 30.5 Å². The minimum absolute atomic E-state index is 0.0157. The molecule has 2 unspecified atom stereocenters. The third kappa shape index (κ3) is 2.32. The van der Waals surface area contributed by atoms with Crippen LogP contribution in [0.15, 0.2) is 24.5 Å². The fourth-order valence-electron chi connectivity index (χ4n) is 2.98. The van der Waals surface area contributed by atoms with Gasteiger partial charge in [0.25, 0.3) is 0 Å². The molecule has 0 radical (unpaired) electrons. The molecule has 3 heterocycles. The lowest BCUT2D eigenvalue weighted by molar-refractivity contribution is -0.136. The van der Waals surface area contributed by atoms with Crippen LogP contribution in [0.3, 0.4) is 0 Å². The molecule has 0 spiro atoms. The summed E-state index contributed by atoms with van der Waals surface area (Å²) in [6, 6.07) is 4.08. The Labute approximate surface area is 112 Å². The van der Waals surface area contributed by atoms with Crippen molar-refractivity contribution in [3.63, 3.8) is 0 Å². The summed E-state index contributed by atoms with van der Waals surface area (Å²) in [7, 11) is 0. The van der Waals surface area contributed by atoms with Gasteiger partial charge in [-0.2, -0.15) is 0 Å². The third-order valence-corrected chi connectivity index (χ3v) is 3.95. The molecule has 2 aliphatic rings. The standard InChI is InChI=1S/C14H17N3O2/c18-13-8-11(9-16-13)14(19)17-7-1-2-12(17)10-3-5-15-6-4-10/h3-6,11-12H,1-2,7-9H2,(H,16,18). The summed E-state index contributed by atoms with van der Waals surface area (Å²) in [5, 5.41) is 2.73. The molecule has 0 aliphatic carbocycles. The van der Waals surface area contributed by atoms with Gasteiger partial charge in [0.15, 0.2) is 0 Å². The van der Waals surface area contributed by atoms with Crippen molar-refractivity contribution in [3.05, 3.63) is 30.1 Å². The van der Waals surface area contributed by atoms with Gasteiger partial charge < -0.3 is 10.2 Å². The van der Waals surface area contributed by atoms with E-state index in [2.05, 4.69) is 10.3 Å². The minimum Gasteiger partial charge on any atom is -0.355 e. The molecule has 0 bridgehead atoms. The zero-order valence-corrected chi connectivity index (χ0v) is 10.7. The number of nitrogens with zero attached hydrogens (tertiary/aromatic N) is 2. The molecule has 1 N–H and O–H groups in total. The quantitative estimate of drug-likeness (QED) is 0.857. The van der Waals surface area contributed by atoms with Crippen LogP contribution in [0.1, 0.15) is 30.9 Å². The van der Waals surface area contributed by atoms with Crippen LogP contribution in [0.25, 0.3) is 0 Å². The van der Waals surface area contributed by atoms with Crippen molar-refractivity contribution in [2.45, 2.75) is 25.3 Å². The van der Waals surface area contributed by atoms with E-state index in [4.69, 9.17) is 0 Å². The van der Waals surface area contributed by atoms with E-state index in [1.54, 1.807) is 12.4 Å². The van der Waals surface area contributed by atoms with Gasteiger partial charge in [0.1, 0.15) is 0 Å². The highest BCUT2D eigenvalue weighted by molar-refractivity contribution is 5.89. The van der Waals surface area contributed by atoms with E-state index in [-0.39, 0.29) is 23.8 Å². The Morgan fingerprint density at radius 2 is 2.16 bits per heavy atom. The van der Waals surface area contributed by atoms with Crippen molar-refractivity contribution in [1.82, 2.24) is 15.2 Å². The van der Waals surface area contributed by atoms with Gasteiger partial charge in [-0.1, -0.05) is 0 Å². The van der Waals surface area contributed by atoms with Crippen LogP contribution >= 0.6 is 0 Å². The smallest absolute Gasteiger partial charge is 0.228 e. The number of hydrogen-bond acceptors (Lipinski definition) is 3. The molecule has 2 amide bonds. The monoisotopic (exact) mass is 259 g/mol. The number of nitrogens with one attached hydrogen (secondary N) is 1. The molecule has 2 saturated heterocycles. The Morgan fingerprint density at radius 1 is 1.37 bits per heavy atom. The lowest BCUT2D eigenvalue weighted by Gasteiger charge is -2.27. The van der Waals surface area contributed by atoms with Gasteiger partial charge in [0.05, 0.1) is 12.0 Å². The number of rotatable bonds is 2. The molecule has 2 atom stereocenters. The Hall–Kier alpha value is -1.91. The van der Waals surface area contributed by atoms with E-state index in [9.17, 15) is 9.59 Å². The zero-order valence-electron chi connectivity index (χ0n) is 10.7. The lowest BCUT2D eigenvalue weighted by atomic mass is 10.0. The van der Waals surface area contributed by atoms with Gasteiger partial charge >= 0.3 is 0 Å². The SMILES string of the molecule is O=C1CC(C(=O)N2CCCC2c2ccncc2)CN1. The van der Waals surface area contributed by atoms with Crippen LogP contribution in [0.5, 0.6) is 0 Å². The fraction of sp³-hybridized carbons (Fsp3) is 0.500. The Morgan fingerprint density at radius 3 is 2.84 bits per heavy atom. The van der Waals surface area contributed by atoms with E-state index in [1.807, 2.05) is 17.0 Å². The maximum absolute atomic E-state index is 12.5. The lowest BCUT2D eigenvalue weighted by Crippen LogP contribution is -2.36. The molecule has 0 saturated carbocycles.